The van der Waals surface area contributed by atoms with Crippen LogP contribution in [0.5, 0.6) is 0 Å². The van der Waals surface area contributed by atoms with Gasteiger partial charge in [0.1, 0.15) is 11.2 Å². The predicted molar refractivity (Wildman–Crippen MR) is 243 cm³/mol. The van der Waals surface area contributed by atoms with E-state index in [9.17, 15) is 5.26 Å². The molecule has 274 valence electrons. The summed E-state index contributed by atoms with van der Waals surface area (Å²) >= 11 is 0. The first kappa shape index (κ1) is 33.1. The summed E-state index contributed by atoms with van der Waals surface area (Å²) in [5.74, 6) is 0. The van der Waals surface area contributed by atoms with Gasteiger partial charge in [0.2, 0.25) is 0 Å². The molecule has 0 aliphatic carbocycles. The highest BCUT2D eigenvalue weighted by molar-refractivity contribution is 6.14. The molecule has 0 spiro atoms. The summed E-state index contributed by atoms with van der Waals surface area (Å²) in [6, 6.07) is 73.1. The van der Waals surface area contributed by atoms with E-state index in [1.165, 1.54) is 16.3 Å². The molecule has 59 heavy (non-hydrogen) atoms. The Kier molecular flexibility index (Phi) is 7.26. The molecule has 0 fully saturated rings. The molecular formula is C55H33N3O. The SMILES string of the molecule is N#Cc1cc(-c2ccc3c(c2)c2ccccc2n3-c2ccccc2)cc(-c2ccc3c(c2)c2ccc(-c4cccc5c4oc4ccccc45)cc2n3-c2ccccc2)c1. The van der Waals surface area contributed by atoms with E-state index in [0.29, 0.717) is 5.56 Å². The van der Waals surface area contributed by atoms with Crippen molar-refractivity contribution < 1.29 is 4.42 Å². The Morgan fingerprint density at radius 3 is 1.58 bits per heavy atom. The van der Waals surface area contributed by atoms with Crippen LogP contribution in [0.1, 0.15) is 5.56 Å². The molecule has 0 atom stereocenters. The second-order valence-electron chi connectivity index (χ2n) is 15.2. The second-order valence-corrected chi connectivity index (χ2v) is 15.2. The van der Waals surface area contributed by atoms with Crippen molar-refractivity contribution in [3.63, 3.8) is 0 Å². The first-order valence-corrected chi connectivity index (χ1v) is 19.9. The van der Waals surface area contributed by atoms with Crippen molar-refractivity contribution >= 4 is 65.6 Å². The van der Waals surface area contributed by atoms with Gasteiger partial charge in [-0.2, -0.15) is 5.26 Å². The van der Waals surface area contributed by atoms with E-state index in [1.54, 1.807) is 0 Å². The Hall–Kier alpha value is -8.13. The first-order chi connectivity index (χ1) is 29.2. The Balaban J connectivity index is 1.02. The lowest BCUT2D eigenvalue weighted by molar-refractivity contribution is 0.670. The molecule has 0 amide bonds. The third-order valence-electron chi connectivity index (χ3n) is 11.9. The number of nitriles is 1. The van der Waals surface area contributed by atoms with Gasteiger partial charge in [0, 0.05) is 49.3 Å². The summed E-state index contributed by atoms with van der Waals surface area (Å²) in [6.07, 6.45) is 0. The van der Waals surface area contributed by atoms with E-state index >= 15 is 0 Å². The summed E-state index contributed by atoms with van der Waals surface area (Å²) in [4.78, 5) is 0. The van der Waals surface area contributed by atoms with Crippen LogP contribution in [-0.2, 0) is 0 Å². The van der Waals surface area contributed by atoms with Crippen molar-refractivity contribution in [2.75, 3.05) is 0 Å². The van der Waals surface area contributed by atoms with Crippen molar-refractivity contribution in [3.8, 4) is 50.8 Å². The molecule has 12 aromatic rings. The minimum atomic E-state index is 0.625. The Morgan fingerprint density at radius 2 is 0.898 bits per heavy atom. The van der Waals surface area contributed by atoms with Gasteiger partial charge < -0.3 is 13.6 Å². The van der Waals surface area contributed by atoms with Gasteiger partial charge in [0.15, 0.2) is 0 Å². The topological polar surface area (TPSA) is 46.8 Å². The largest absolute Gasteiger partial charge is 0.455 e. The number of hydrogen-bond acceptors (Lipinski definition) is 2. The van der Waals surface area contributed by atoms with Gasteiger partial charge in [-0.25, -0.2) is 0 Å². The van der Waals surface area contributed by atoms with Crippen LogP contribution in [0.4, 0.5) is 0 Å². The minimum absolute atomic E-state index is 0.625. The van der Waals surface area contributed by atoms with Crippen molar-refractivity contribution in [1.29, 1.82) is 5.26 Å². The predicted octanol–water partition coefficient (Wildman–Crippen LogP) is 14.7. The van der Waals surface area contributed by atoms with E-state index < -0.39 is 0 Å². The summed E-state index contributed by atoms with van der Waals surface area (Å²) in [5, 5.41) is 17.2. The molecule has 9 aromatic carbocycles. The lowest BCUT2D eigenvalue weighted by Crippen LogP contribution is -1.93. The van der Waals surface area contributed by atoms with Crippen LogP contribution in [0.2, 0.25) is 0 Å². The number of rotatable bonds is 5. The van der Waals surface area contributed by atoms with E-state index in [0.717, 1.165) is 94.0 Å². The van der Waals surface area contributed by atoms with Crippen molar-refractivity contribution in [2.24, 2.45) is 0 Å². The van der Waals surface area contributed by atoms with E-state index in [4.69, 9.17) is 4.42 Å². The third-order valence-corrected chi connectivity index (χ3v) is 11.9. The van der Waals surface area contributed by atoms with Gasteiger partial charge in [0.05, 0.1) is 33.7 Å². The zero-order valence-corrected chi connectivity index (χ0v) is 31.8. The smallest absolute Gasteiger partial charge is 0.143 e. The second kappa shape index (κ2) is 13.0. The molecule has 0 bridgehead atoms. The number of fused-ring (bicyclic) bond motifs is 9. The molecule has 3 heterocycles. The summed E-state index contributed by atoms with van der Waals surface area (Å²) in [7, 11) is 0. The average molecular weight is 752 g/mol. The van der Waals surface area contributed by atoms with Crippen LogP contribution in [0, 0.1) is 11.3 Å². The minimum Gasteiger partial charge on any atom is -0.455 e. The molecule has 12 rings (SSSR count). The lowest BCUT2D eigenvalue weighted by atomic mass is 9.94. The summed E-state index contributed by atoms with van der Waals surface area (Å²) < 4.78 is 11.2. The number of benzene rings is 9. The van der Waals surface area contributed by atoms with Crippen LogP contribution in [0.15, 0.2) is 205 Å². The maximum Gasteiger partial charge on any atom is 0.143 e. The molecule has 0 saturated carbocycles. The monoisotopic (exact) mass is 751 g/mol. The van der Waals surface area contributed by atoms with Crippen molar-refractivity contribution in [1.82, 2.24) is 9.13 Å². The number of para-hydroxylation sites is 5. The Labute approximate surface area is 339 Å². The van der Waals surface area contributed by atoms with Gasteiger partial charge in [0.25, 0.3) is 0 Å². The molecular weight excluding hydrogens is 719 g/mol. The molecule has 0 radical (unpaired) electrons. The Bertz CT molecular complexity index is 3670. The Morgan fingerprint density at radius 1 is 0.356 bits per heavy atom. The van der Waals surface area contributed by atoms with Gasteiger partial charge in [-0.1, -0.05) is 115 Å². The van der Waals surface area contributed by atoms with Crippen LogP contribution in [0.25, 0.3) is 110 Å². The molecule has 0 unspecified atom stereocenters. The number of hydrogen-bond donors (Lipinski definition) is 0. The van der Waals surface area contributed by atoms with E-state index in [-0.39, 0.29) is 0 Å². The standard InChI is InChI=1S/C55H33N3O/c56-34-35-28-39(36-23-26-51-48(31-36)44-16-7-9-20-50(44)57(51)41-12-3-1-4-13-41)30-40(29-35)37-24-27-52-49(32-37)45-25-22-38(33-53(45)58(52)42-14-5-2-6-15-42)43-18-11-19-47-46-17-8-10-21-54(46)59-55(43)47/h1-33H. The zero-order chi connectivity index (χ0) is 39.0. The van der Waals surface area contributed by atoms with Gasteiger partial charge in [-0.15, -0.1) is 0 Å². The summed E-state index contributed by atoms with van der Waals surface area (Å²) in [5.41, 5.74) is 15.5. The van der Waals surface area contributed by atoms with E-state index in [2.05, 4.69) is 191 Å². The van der Waals surface area contributed by atoms with Gasteiger partial charge in [-0.3, -0.25) is 0 Å². The fourth-order valence-corrected chi connectivity index (χ4v) is 9.23. The highest BCUT2D eigenvalue weighted by atomic mass is 16.3. The van der Waals surface area contributed by atoms with Crippen LogP contribution < -0.4 is 0 Å². The molecule has 4 heteroatoms. The first-order valence-electron chi connectivity index (χ1n) is 19.9. The number of aromatic nitrogens is 2. The highest BCUT2D eigenvalue weighted by Crippen LogP contribution is 2.41. The third kappa shape index (κ3) is 5.16. The normalized spacial score (nSPS) is 11.7. The molecule has 0 N–H and O–H groups in total. The van der Waals surface area contributed by atoms with Crippen LogP contribution >= 0.6 is 0 Å². The molecule has 4 nitrogen and oxygen atoms in total. The lowest BCUT2D eigenvalue weighted by Gasteiger charge is -2.11. The fraction of sp³-hybridized carbons (Fsp3) is 0. The molecule has 0 saturated heterocycles. The summed E-state index contributed by atoms with van der Waals surface area (Å²) in [6.45, 7) is 0. The van der Waals surface area contributed by atoms with Gasteiger partial charge in [-0.05, 0) is 113 Å². The fourth-order valence-electron chi connectivity index (χ4n) is 9.23. The maximum absolute atomic E-state index is 10.3. The van der Waals surface area contributed by atoms with Crippen molar-refractivity contribution in [2.45, 2.75) is 0 Å². The average Bonchev–Trinajstić information content (AvgIpc) is 3.96. The molecule has 0 aliphatic rings. The zero-order valence-electron chi connectivity index (χ0n) is 31.8. The van der Waals surface area contributed by atoms with Crippen LogP contribution in [0.3, 0.4) is 0 Å². The molecule has 3 aromatic heterocycles. The molecule has 0 aliphatic heterocycles. The van der Waals surface area contributed by atoms with Crippen LogP contribution in [-0.4, -0.2) is 9.13 Å². The highest BCUT2D eigenvalue weighted by Gasteiger charge is 2.18. The number of furan rings is 1. The quantitative estimate of drug-likeness (QED) is 0.176. The maximum atomic E-state index is 10.3. The van der Waals surface area contributed by atoms with Crippen molar-refractivity contribution in [3.05, 3.63) is 206 Å². The number of nitrogens with zero attached hydrogens (tertiary/aromatic N) is 3. The van der Waals surface area contributed by atoms with Gasteiger partial charge >= 0.3 is 0 Å². The van der Waals surface area contributed by atoms with E-state index in [1.807, 2.05) is 24.3 Å².